The van der Waals surface area contributed by atoms with Gasteiger partial charge >= 0.3 is 0 Å². The average Bonchev–Trinajstić information content (AvgIpc) is 2.69. The highest BCUT2D eigenvalue weighted by Gasteiger charge is 2.18. The van der Waals surface area contributed by atoms with Gasteiger partial charge in [0, 0.05) is 6.04 Å². The van der Waals surface area contributed by atoms with Gasteiger partial charge in [0.1, 0.15) is 0 Å². The Labute approximate surface area is 88.8 Å². The molecule has 1 aliphatic rings. The highest BCUT2D eigenvalue weighted by Crippen LogP contribution is 2.19. The molecule has 1 rings (SSSR count). The van der Waals surface area contributed by atoms with E-state index in [0.717, 1.165) is 13.0 Å². The van der Waals surface area contributed by atoms with Crippen LogP contribution in [0.2, 0.25) is 0 Å². The Morgan fingerprint density at radius 1 is 1.29 bits per heavy atom. The molecule has 1 N–H and O–H groups in total. The Morgan fingerprint density at radius 3 is 2.57 bits per heavy atom. The van der Waals surface area contributed by atoms with Crippen molar-refractivity contribution in [3.8, 4) is 0 Å². The van der Waals surface area contributed by atoms with E-state index in [9.17, 15) is 0 Å². The van der Waals surface area contributed by atoms with Gasteiger partial charge in [0.05, 0.1) is 6.17 Å². The zero-order valence-corrected chi connectivity index (χ0v) is 9.76. The molecule has 0 saturated heterocycles. The SMILES string of the molecule is CCCCNC(CC)[N]C1CCCC1. The van der Waals surface area contributed by atoms with Crippen molar-refractivity contribution in [2.45, 2.75) is 71.0 Å². The summed E-state index contributed by atoms with van der Waals surface area (Å²) < 4.78 is 0. The summed E-state index contributed by atoms with van der Waals surface area (Å²) in [7, 11) is 0. The van der Waals surface area contributed by atoms with E-state index in [1.54, 1.807) is 0 Å². The van der Waals surface area contributed by atoms with Crippen LogP contribution in [0.3, 0.4) is 0 Å². The molecule has 0 heterocycles. The fourth-order valence-corrected chi connectivity index (χ4v) is 2.06. The highest BCUT2D eigenvalue weighted by atomic mass is 15.1. The van der Waals surface area contributed by atoms with E-state index in [1.807, 2.05) is 0 Å². The Hall–Kier alpha value is -0.0800. The topological polar surface area (TPSA) is 26.1 Å². The summed E-state index contributed by atoms with van der Waals surface area (Å²) in [6.45, 7) is 5.59. The summed E-state index contributed by atoms with van der Waals surface area (Å²) in [6.07, 6.45) is 9.53. The lowest BCUT2D eigenvalue weighted by Gasteiger charge is -2.20. The van der Waals surface area contributed by atoms with Gasteiger partial charge in [-0.05, 0) is 32.2 Å². The van der Waals surface area contributed by atoms with Gasteiger partial charge in [-0.25, -0.2) is 5.32 Å². The van der Waals surface area contributed by atoms with Crippen LogP contribution in [-0.4, -0.2) is 18.8 Å². The fourth-order valence-electron chi connectivity index (χ4n) is 2.06. The molecule has 1 atom stereocenters. The van der Waals surface area contributed by atoms with E-state index in [4.69, 9.17) is 5.32 Å². The molecule has 0 amide bonds. The summed E-state index contributed by atoms with van der Waals surface area (Å²) in [6, 6.07) is 0.661. The lowest BCUT2D eigenvalue weighted by molar-refractivity contribution is 0.352. The predicted octanol–water partition coefficient (Wildman–Crippen LogP) is 2.66. The number of unbranched alkanes of at least 4 members (excludes halogenated alkanes) is 1. The molecule has 0 spiro atoms. The van der Waals surface area contributed by atoms with Crippen molar-refractivity contribution in [2.24, 2.45) is 0 Å². The van der Waals surface area contributed by atoms with Crippen LogP contribution in [0.4, 0.5) is 0 Å². The van der Waals surface area contributed by atoms with E-state index in [0.29, 0.717) is 12.2 Å². The molecule has 1 fully saturated rings. The lowest BCUT2D eigenvalue weighted by Crippen LogP contribution is -2.41. The summed E-state index contributed by atoms with van der Waals surface area (Å²) >= 11 is 0. The monoisotopic (exact) mass is 197 g/mol. The number of hydrogen-bond acceptors (Lipinski definition) is 1. The van der Waals surface area contributed by atoms with Crippen molar-refractivity contribution < 1.29 is 0 Å². The molecule has 1 unspecified atom stereocenters. The van der Waals surface area contributed by atoms with Gasteiger partial charge in [0.25, 0.3) is 0 Å². The molecule has 2 heteroatoms. The van der Waals surface area contributed by atoms with Gasteiger partial charge < -0.3 is 5.32 Å². The number of nitrogens with zero attached hydrogens (tertiary/aromatic N) is 1. The first-order chi connectivity index (χ1) is 6.86. The van der Waals surface area contributed by atoms with Gasteiger partial charge in [-0.1, -0.05) is 33.1 Å². The third-order valence-corrected chi connectivity index (χ3v) is 3.01. The van der Waals surface area contributed by atoms with Crippen LogP contribution in [0.5, 0.6) is 0 Å². The summed E-state index contributed by atoms with van der Waals surface area (Å²) in [4.78, 5) is 0. The van der Waals surface area contributed by atoms with E-state index in [1.165, 1.54) is 38.5 Å². The molecule has 0 aliphatic heterocycles. The van der Waals surface area contributed by atoms with Crippen molar-refractivity contribution in [3.63, 3.8) is 0 Å². The molecular formula is C12H25N2. The second-order valence-electron chi connectivity index (χ2n) is 4.32. The maximum atomic E-state index is 4.85. The maximum Gasteiger partial charge on any atom is 0.0736 e. The molecule has 1 radical (unpaired) electrons. The van der Waals surface area contributed by atoms with Crippen molar-refractivity contribution in [1.82, 2.24) is 10.6 Å². The Kier molecular flexibility index (Phi) is 6.20. The third kappa shape index (κ3) is 4.43. The summed E-state index contributed by atoms with van der Waals surface area (Å²) in [5, 5.41) is 8.39. The smallest absolute Gasteiger partial charge is 0.0736 e. The number of rotatable bonds is 7. The Balaban J connectivity index is 2.10. The average molecular weight is 197 g/mol. The minimum absolute atomic E-state index is 0.421. The van der Waals surface area contributed by atoms with Gasteiger partial charge in [-0.15, -0.1) is 0 Å². The van der Waals surface area contributed by atoms with Crippen LogP contribution in [0, 0.1) is 0 Å². The predicted molar refractivity (Wildman–Crippen MR) is 61.4 cm³/mol. The molecule has 0 aromatic rings. The largest absolute Gasteiger partial charge is 0.301 e. The first kappa shape index (κ1) is 12.0. The Bertz CT molecular complexity index is 130. The minimum atomic E-state index is 0.421. The van der Waals surface area contributed by atoms with E-state index in [2.05, 4.69) is 19.2 Å². The van der Waals surface area contributed by atoms with Crippen LogP contribution in [0.1, 0.15) is 58.8 Å². The molecule has 0 aromatic heterocycles. The van der Waals surface area contributed by atoms with Crippen LogP contribution in [-0.2, 0) is 0 Å². The van der Waals surface area contributed by atoms with Crippen LogP contribution in [0.15, 0.2) is 0 Å². The first-order valence-electron chi connectivity index (χ1n) is 6.30. The normalized spacial score (nSPS) is 20.1. The zero-order valence-electron chi connectivity index (χ0n) is 9.76. The zero-order chi connectivity index (χ0) is 10.2. The quantitative estimate of drug-likeness (QED) is 0.624. The van der Waals surface area contributed by atoms with Crippen molar-refractivity contribution in [2.75, 3.05) is 6.54 Å². The molecule has 14 heavy (non-hydrogen) atoms. The van der Waals surface area contributed by atoms with Crippen molar-refractivity contribution >= 4 is 0 Å². The van der Waals surface area contributed by atoms with Gasteiger partial charge in [-0.2, -0.15) is 0 Å². The molecule has 83 valence electrons. The van der Waals surface area contributed by atoms with Gasteiger partial charge in [0.2, 0.25) is 0 Å². The van der Waals surface area contributed by atoms with E-state index < -0.39 is 0 Å². The molecule has 1 saturated carbocycles. The van der Waals surface area contributed by atoms with Crippen LogP contribution >= 0.6 is 0 Å². The van der Waals surface area contributed by atoms with E-state index >= 15 is 0 Å². The van der Waals surface area contributed by atoms with Gasteiger partial charge in [-0.3, -0.25) is 0 Å². The molecular weight excluding hydrogens is 172 g/mol. The second-order valence-corrected chi connectivity index (χ2v) is 4.32. The standard InChI is InChI=1S/C12H25N2/c1-3-5-10-13-12(4-2)14-11-8-6-7-9-11/h11-13H,3-10H2,1-2H3. The minimum Gasteiger partial charge on any atom is -0.301 e. The number of nitrogens with one attached hydrogen (secondary N) is 1. The van der Waals surface area contributed by atoms with Gasteiger partial charge in [0.15, 0.2) is 0 Å². The summed E-state index contributed by atoms with van der Waals surface area (Å²) in [5.74, 6) is 0. The van der Waals surface area contributed by atoms with Crippen LogP contribution < -0.4 is 10.6 Å². The van der Waals surface area contributed by atoms with Crippen LogP contribution in [0.25, 0.3) is 0 Å². The number of hydrogen-bond donors (Lipinski definition) is 1. The maximum absolute atomic E-state index is 4.85. The fraction of sp³-hybridized carbons (Fsp3) is 1.00. The molecule has 1 aliphatic carbocycles. The van der Waals surface area contributed by atoms with Crippen molar-refractivity contribution in [3.05, 3.63) is 0 Å². The second kappa shape index (κ2) is 7.24. The highest BCUT2D eigenvalue weighted by molar-refractivity contribution is 4.76. The lowest BCUT2D eigenvalue weighted by atomic mass is 10.2. The molecule has 0 bridgehead atoms. The molecule has 2 nitrogen and oxygen atoms in total. The first-order valence-corrected chi connectivity index (χ1v) is 6.30. The third-order valence-electron chi connectivity index (χ3n) is 3.01. The molecule has 0 aromatic carbocycles. The van der Waals surface area contributed by atoms with E-state index in [-0.39, 0.29) is 0 Å². The van der Waals surface area contributed by atoms with Crippen molar-refractivity contribution in [1.29, 1.82) is 0 Å². The summed E-state index contributed by atoms with van der Waals surface area (Å²) in [5.41, 5.74) is 0. The Morgan fingerprint density at radius 2 is 2.00 bits per heavy atom.